The monoisotopic (exact) mass is 217 g/mol. The number of halogens is 3. The molecule has 0 saturated heterocycles. The molecule has 0 aliphatic carbocycles. The predicted molar refractivity (Wildman–Crippen MR) is 48.6 cm³/mol. The van der Waals surface area contributed by atoms with Gasteiger partial charge in [-0.05, 0) is 18.2 Å². The predicted octanol–water partition coefficient (Wildman–Crippen LogP) is 1.79. The summed E-state index contributed by atoms with van der Waals surface area (Å²) in [6, 6.07) is 3.83. The van der Waals surface area contributed by atoms with Crippen LogP contribution >= 0.6 is 0 Å². The molecule has 80 valence electrons. The molecule has 0 unspecified atom stereocenters. The number of alkyl halides is 3. The minimum absolute atomic E-state index is 0.120. The molecule has 0 atom stereocenters. The number of rotatable bonds is 1. The van der Waals surface area contributed by atoms with Crippen LogP contribution in [0.4, 0.5) is 18.9 Å². The lowest BCUT2D eigenvalue weighted by molar-refractivity contribution is -0.0999. The van der Waals surface area contributed by atoms with Crippen molar-refractivity contribution < 1.29 is 13.2 Å². The van der Waals surface area contributed by atoms with E-state index in [1.165, 1.54) is 23.5 Å². The highest BCUT2D eigenvalue weighted by molar-refractivity contribution is 5.78. The molecule has 1 aromatic carbocycles. The van der Waals surface area contributed by atoms with Gasteiger partial charge in [0.2, 0.25) is 0 Å². The molecule has 0 radical (unpaired) electrons. The largest absolute Gasteiger partial charge is 0.482 e. The van der Waals surface area contributed by atoms with Crippen molar-refractivity contribution in [3.8, 4) is 0 Å². The molecule has 0 spiro atoms. The molecule has 7 heteroatoms. The summed E-state index contributed by atoms with van der Waals surface area (Å²) in [5.74, 6) is 0. The number of imidazole rings is 1. The molecule has 0 bridgehead atoms. The fourth-order valence-electron chi connectivity index (χ4n) is 1.27. The maximum atomic E-state index is 12.0. The third-order valence-electron chi connectivity index (χ3n) is 1.80. The van der Waals surface area contributed by atoms with Crippen LogP contribution in [0.1, 0.15) is 0 Å². The van der Waals surface area contributed by atoms with Gasteiger partial charge in [-0.25, -0.2) is 4.79 Å². The van der Waals surface area contributed by atoms with Gasteiger partial charge < -0.3 is 9.97 Å². The van der Waals surface area contributed by atoms with E-state index in [0.29, 0.717) is 11.0 Å². The Balaban J connectivity index is 2.42. The molecule has 4 nitrogen and oxygen atoms in total. The van der Waals surface area contributed by atoms with E-state index in [1.807, 2.05) is 0 Å². The van der Waals surface area contributed by atoms with Crippen LogP contribution < -0.4 is 11.0 Å². The van der Waals surface area contributed by atoms with Crippen molar-refractivity contribution >= 4 is 16.7 Å². The Labute approximate surface area is 81.1 Å². The standard InChI is InChI=1S/C8H6F3N3O/c9-8(10,11)14-4-1-2-5-6(3-4)13-7(15)12-5/h1-3,14H,(H2,12,13,15). The summed E-state index contributed by atoms with van der Waals surface area (Å²) in [6.45, 7) is 0. The van der Waals surface area contributed by atoms with Crippen molar-refractivity contribution in [3.05, 3.63) is 28.7 Å². The summed E-state index contributed by atoms with van der Waals surface area (Å²) >= 11 is 0. The zero-order valence-corrected chi connectivity index (χ0v) is 7.27. The molecular weight excluding hydrogens is 211 g/mol. The Kier molecular flexibility index (Phi) is 1.95. The van der Waals surface area contributed by atoms with Crippen LogP contribution in [0.15, 0.2) is 23.0 Å². The average molecular weight is 217 g/mol. The molecule has 15 heavy (non-hydrogen) atoms. The molecule has 2 aromatic rings. The van der Waals surface area contributed by atoms with Gasteiger partial charge in [0.05, 0.1) is 11.0 Å². The lowest BCUT2D eigenvalue weighted by atomic mass is 10.3. The van der Waals surface area contributed by atoms with Gasteiger partial charge in [-0.15, -0.1) is 0 Å². The van der Waals surface area contributed by atoms with Crippen LogP contribution in [-0.2, 0) is 0 Å². The first-order valence-electron chi connectivity index (χ1n) is 4.01. The van der Waals surface area contributed by atoms with E-state index in [1.54, 1.807) is 0 Å². The number of fused-ring (bicyclic) bond motifs is 1. The van der Waals surface area contributed by atoms with Gasteiger partial charge in [0.15, 0.2) is 0 Å². The Morgan fingerprint density at radius 1 is 1.13 bits per heavy atom. The minimum atomic E-state index is -4.48. The maximum absolute atomic E-state index is 12.0. The zero-order chi connectivity index (χ0) is 11.1. The highest BCUT2D eigenvalue weighted by atomic mass is 19.4. The van der Waals surface area contributed by atoms with Crippen LogP contribution in [0.3, 0.4) is 0 Å². The minimum Gasteiger partial charge on any atom is -0.306 e. The normalized spacial score (nSPS) is 11.9. The summed E-state index contributed by atoms with van der Waals surface area (Å²) in [6.07, 6.45) is -4.48. The molecule has 0 fully saturated rings. The van der Waals surface area contributed by atoms with Gasteiger partial charge in [-0.2, -0.15) is 13.2 Å². The molecule has 1 heterocycles. The van der Waals surface area contributed by atoms with Crippen molar-refractivity contribution in [2.24, 2.45) is 0 Å². The van der Waals surface area contributed by atoms with Gasteiger partial charge in [-0.3, -0.25) is 5.32 Å². The SMILES string of the molecule is O=c1[nH]c2ccc(NC(F)(F)F)cc2[nH]1. The second kappa shape index (κ2) is 3.04. The van der Waals surface area contributed by atoms with E-state index < -0.39 is 12.0 Å². The van der Waals surface area contributed by atoms with Gasteiger partial charge in [0.25, 0.3) is 0 Å². The molecule has 2 rings (SSSR count). The van der Waals surface area contributed by atoms with Crippen molar-refractivity contribution in [1.29, 1.82) is 0 Å². The lowest BCUT2D eigenvalue weighted by Gasteiger charge is -2.09. The summed E-state index contributed by atoms with van der Waals surface area (Å²) in [5.41, 5.74) is 0.224. The first-order valence-corrected chi connectivity index (χ1v) is 4.01. The Morgan fingerprint density at radius 2 is 1.80 bits per heavy atom. The summed E-state index contributed by atoms with van der Waals surface area (Å²) in [4.78, 5) is 15.6. The molecular formula is C8H6F3N3O. The van der Waals surface area contributed by atoms with E-state index in [9.17, 15) is 18.0 Å². The summed E-state index contributed by atoms with van der Waals surface area (Å²) in [7, 11) is 0. The molecule has 0 aliphatic heterocycles. The number of aromatic amines is 2. The fourth-order valence-corrected chi connectivity index (χ4v) is 1.27. The zero-order valence-electron chi connectivity index (χ0n) is 7.27. The van der Waals surface area contributed by atoms with Crippen LogP contribution in [-0.4, -0.2) is 16.3 Å². The van der Waals surface area contributed by atoms with Gasteiger partial charge in [0.1, 0.15) is 0 Å². The Hall–Kier alpha value is -1.92. The fraction of sp³-hybridized carbons (Fsp3) is 0.125. The van der Waals surface area contributed by atoms with E-state index in [2.05, 4.69) is 9.97 Å². The van der Waals surface area contributed by atoms with E-state index in [-0.39, 0.29) is 5.69 Å². The van der Waals surface area contributed by atoms with Gasteiger partial charge in [-0.1, -0.05) is 0 Å². The van der Waals surface area contributed by atoms with E-state index in [4.69, 9.17) is 0 Å². The second-order valence-electron chi connectivity index (χ2n) is 2.96. The van der Waals surface area contributed by atoms with Gasteiger partial charge >= 0.3 is 12.0 Å². The topological polar surface area (TPSA) is 60.7 Å². The smallest absolute Gasteiger partial charge is 0.306 e. The maximum Gasteiger partial charge on any atom is 0.482 e. The number of H-pyrrole nitrogens is 2. The third kappa shape index (κ3) is 2.12. The molecule has 0 amide bonds. The van der Waals surface area contributed by atoms with Crippen LogP contribution in [0, 0.1) is 0 Å². The third-order valence-corrected chi connectivity index (χ3v) is 1.80. The first-order chi connectivity index (χ1) is 6.94. The molecule has 0 saturated carbocycles. The van der Waals surface area contributed by atoms with Crippen LogP contribution in [0.25, 0.3) is 11.0 Å². The Bertz CT molecular complexity index is 540. The summed E-state index contributed by atoms with van der Waals surface area (Å²) in [5, 5.41) is 1.35. The van der Waals surface area contributed by atoms with Crippen molar-refractivity contribution in [2.45, 2.75) is 6.30 Å². The van der Waals surface area contributed by atoms with Crippen molar-refractivity contribution in [2.75, 3.05) is 5.32 Å². The number of benzene rings is 1. The van der Waals surface area contributed by atoms with Crippen LogP contribution in [0.5, 0.6) is 0 Å². The number of hydrogen-bond donors (Lipinski definition) is 3. The number of hydrogen-bond acceptors (Lipinski definition) is 2. The van der Waals surface area contributed by atoms with Crippen LogP contribution in [0.2, 0.25) is 0 Å². The molecule has 3 N–H and O–H groups in total. The number of anilines is 1. The Morgan fingerprint density at radius 3 is 2.47 bits per heavy atom. The average Bonchev–Trinajstić information content (AvgIpc) is 2.40. The van der Waals surface area contributed by atoms with E-state index >= 15 is 0 Å². The van der Waals surface area contributed by atoms with E-state index in [0.717, 1.165) is 0 Å². The quantitative estimate of drug-likeness (QED) is 0.637. The first kappa shape index (κ1) is 9.63. The number of nitrogens with one attached hydrogen (secondary N) is 3. The lowest BCUT2D eigenvalue weighted by Crippen LogP contribution is -2.20. The second-order valence-corrected chi connectivity index (χ2v) is 2.96. The van der Waals surface area contributed by atoms with Gasteiger partial charge in [0, 0.05) is 5.69 Å². The van der Waals surface area contributed by atoms with Crippen molar-refractivity contribution in [1.82, 2.24) is 9.97 Å². The number of aromatic nitrogens is 2. The highest BCUT2D eigenvalue weighted by Gasteiger charge is 2.26. The molecule has 1 aromatic heterocycles. The highest BCUT2D eigenvalue weighted by Crippen LogP contribution is 2.21. The summed E-state index contributed by atoms with van der Waals surface area (Å²) < 4.78 is 35.9. The van der Waals surface area contributed by atoms with Crippen molar-refractivity contribution in [3.63, 3.8) is 0 Å². The molecule has 0 aliphatic rings.